The first-order chi connectivity index (χ1) is 9.02. The predicted octanol–water partition coefficient (Wildman–Crippen LogP) is 0.216. The fourth-order valence-electron chi connectivity index (χ4n) is 1.93. The Labute approximate surface area is 114 Å². The molecule has 0 aromatic carbocycles. The Morgan fingerprint density at radius 1 is 1.68 bits per heavy atom. The molecule has 0 saturated carbocycles. The molecule has 1 saturated heterocycles. The highest BCUT2D eigenvalue weighted by molar-refractivity contribution is 9.09. The van der Waals surface area contributed by atoms with Crippen molar-refractivity contribution in [2.24, 2.45) is 5.11 Å². The number of aromatic nitrogens is 2. The summed E-state index contributed by atoms with van der Waals surface area (Å²) in [5.74, 6) is 0. The molecule has 1 aliphatic rings. The summed E-state index contributed by atoms with van der Waals surface area (Å²) in [5.41, 5.74) is 7.33. The third-order valence-electron chi connectivity index (χ3n) is 2.77. The summed E-state index contributed by atoms with van der Waals surface area (Å²) >= 11 is 2.94. The van der Waals surface area contributed by atoms with E-state index in [0.29, 0.717) is 0 Å². The molecule has 0 unspecified atom stereocenters. The smallest absolute Gasteiger partial charge is 0.330 e. The Morgan fingerprint density at radius 3 is 3.00 bits per heavy atom. The second kappa shape index (κ2) is 5.57. The predicted molar refractivity (Wildman–Crippen MR) is 67.7 cm³/mol. The van der Waals surface area contributed by atoms with E-state index >= 15 is 0 Å². The van der Waals surface area contributed by atoms with Crippen LogP contribution in [0.5, 0.6) is 0 Å². The van der Waals surface area contributed by atoms with Crippen molar-refractivity contribution in [2.75, 3.05) is 0 Å². The van der Waals surface area contributed by atoms with E-state index in [1.165, 1.54) is 16.8 Å². The first-order valence-electron chi connectivity index (χ1n) is 5.36. The van der Waals surface area contributed by atoms with E-state index in [1.807, 2.05) is 0 Å². The lowest BCUT2D eigenvalue weighted by molar-refractivity contribution is -0.0351. The Bertz CT molecular complexity index is 620. The largest absolute Gasteiger partial charge is 0.379 e. The monoisotopic (exact) mass is 331 g/mol. The van der Waals surface area contributed by atoms with Gasteiger partial charge in [-0.15, -0.1) is 0 Å². The van der Waals surface area contributed by atoms with Crippen LogP contribution in [0, 0.1) is 0 Å². The molecule has 0 bridgehead atoms. The third-order valence-corrected chi connectivity index (χ3v) is 3.29. The first kappa shape index (κ1) is 13.8. The maximum absolute atomic E-state index is 11.6. The van der Waals surface area contributed by atoms with Crippen LogP contribution < -0.4 is 11.2 Å². The number of rotatable bonds is 3. The van der Waals surface area contributed by atoms with Gasteiger partial charge in [0.25, 0.3) is 5.56 Å². The first-order valence-corrected chi connectivity index (χ1v) is 6.28. The molecule has 0 amide bonds. The van der Waals surface area contributed by atoms with E-state index in [4.69, 9.17) is 10.3 Å². The van der Waals surface area contributed by atoms with Gasteiger partial charge in [-0.05, 0) is 5.53 Å². The molecule has 0 aliphatic carbocycles. The van der Waals surface area contributed by atoms with E-state index < -0.39 is 34.6 Å². The lowest BCUT2D eigenvalue weighted by atomic mass is 10.1. The molecule has 10 heteroatoms. The van der Waals surface area contributed by atoms with Gasteiger partial charge in [0.2, 0.25) is 0 Å². The van der Waals surface area contributed by atoms with Crippen LogP contribution in [0.2, 0.25) is 0 Å². The lowest BCUT2D eigenvalue weighted by Gasteiger charge is -2.17. The van der Waals surface area contributed by atoms with Crippen molar-refractivity contribution in [1.29, 1.82) is 0 Å². The number of hydrogen-bond donors (Lipinski definition) is 2. The highest BCUT2D eigenvalue weighted by Crippen LogP contribution is 2.33. The number of nitrogens with one attached hydrogen (secondary N) is 1. The second-order valence-corrected chi connectivity index (χ2v) is 4.89. The van der Waals surface area contributed by atoms with Gasteiger partial charge in [0.1, 0.15) is 17.3 Å². The number of nitrogens with zero attached hydrogens (tertiary/aromatic N) is 4. The molecule has 0 spiro atoms. The Balaban J connectivity index is 2.30. The van der Waals surface area contributed by atoms with Crippen molar-refractivity contribution in [3.05, 3.63) is 43.5 Å². The number of aliphatic hydroxyl groups is 1. The van der Waals surface area contributed by atoms with Crippen LogP contribution >= 0.6 is 15.9 Å². The Kier molecular flexibility index (Phi) is 4.05. The van der Waals surface area contributed by atoms with Gasteiger partial charge >= 0.3 is 5.69 Å². The van der Waals surface area contributed by atoms with Crippen LogP contribution in [-0.2, 0) is 4.74 Å². The maximum atomic E-state index is 11.6. The molecule has 102 valence electrons. The van der Waals surface area contributed by atoms with Crippen molar-refractivity contribution in [3.63, 3.8) is 0 Å². The van der Waals surface area contributed by atoms with Gasteiger partial charge in [0.15, 0.2) is 0 Å². The molecule has 1 aromatic heterocycles. The van der Waals surface area contributed by atoms with Crippen LogP contribution in [0.25, 0.3) is 10.4 Å². The van der Waals surface area contributed by atoms with Gasteiger partial charge in [-0.3, -0.25) is 14.3 Å². The normalized spacial score (nSPS) is 27.8. The topological polar surface area (TPSA) is 133 Å². The molecule has 0 radical (unpaired) electrons. The average molecular weight is 332 g/mol. The zero-order valence-electron chi connectivity index (χ0n) is 9.51. The molecule has 9 nitrogen and oxygen atoms in total. The van der Waals surface area contributed by atoms with E-state index in [1.54, 1.807) is 0 Å². The SMILES string of the molecule is [N-]=[N+]=N[C@H]1C[C@H](n2ccc(=O)[nH]c2=O)O[C@@H]1[C@@H](O)Br. The molecule has 1 aliphatic heterocycles. The van der Waals surface area contributed by atoms with Gasteiger partial charge in [-0.25, -0.2) is 4.79 Å². The Morgan fingerprint density at radius 2 is 2.42 bits per heavy atom. The molecule has 4 atom stereocenters. The number of ether oxygens (including phenoxy) is 1. The van der Waals surface area contributed by atoms with Crippen molar-refractivity contribution >= 4 is 15.9 Å². The van der Waals surface area contributed by atoms with Crippen LogP contribution in [0.1, 0.15) is 12.6 Å². The summed E-state index contributed by atoms with van der Waals surface area (Å²) in [6, 6.07) is 0.578. The van der Waals surface area contributed by atoms with Crippen molar-refractivity contribution < 1.29 is 9.84 Å². The van der Waals surface area contributed by atoms with Gasteiger partial charge in [-0.1, -0.05) is 21.0 Å². The lowest BCUT2D eigenvalue weighted by Crippen LogP contribution is -2.32. The summed E-state index contributed by atoms with van der Waals surface area (Å²) < 4.78 is 6.65. The Hall–Kier alpha value is -1.61. The van der Waals surface area contributed by atoms with Crippen LogP contribution in [0.4, 0.5) is 0 Å². The standard InChI is InChI=1S/C9H10BrN5O4/c10-8(17)7-4(13-14-11)3-6(19-7)15-2-1-5(16)12-9(15)18/h1-2,4,6-8,17H,3H2,(H,12,16,18)/t4-,6+,7-,8+/m0/s1. The van der Waals surface area contributed by atoms with Gasteiger partial charge in [0, 0.05) is 23.6 Å². The number of azide groups is 1. The van der Waals surface area contributed by atoms with Crippen molar-refractivity contribution in [3.8, 4) is 0 Å². The zero-order valence-corrected chi connectivity index (χ0v) is 11.1. The summed E-state index contributed by atoms with van der Waals surface area (Å²) in [6.45, 7) is 0. The van der Waals surface area contributed by atoms with E-state index in [0.717, 1.165) is 0 Å². The molecule has 2 rings (SSSR count). The van der Waals surface area contributed by atoms with Crippen LogP contribution in [-0.4, -0.2) is 31.8 Å². The number of H-pyrrole nitrogens is 1. The minimum atomic E-state index is -1.02. The summed E-state index contributed by atoms with van der Waals surface area (Å²) in [6.07, 6.45) is 0.0440. The fourth-order valence-corrected chi connectivity index (χ4v) is 2.41. The summed E-state index contributed by atoms with van der Waals surface area (Å²) in [7, 11) is 0. The van der Waals surface area contributed by atoms with E-state index in [2.05, 4.69) is 30.9 Å². The third kappa shape index (κ3) is 2.87. The van der Waals surface area contributed by atoms with E-state index in [-0.39, 0.29) is 6.42 Å². The highest BCUT2D eigenvalue weighted by atomic mass is 79.9. The number of aromatic amines is 1. The van der Waals surface area contributed by atoms with Gasteiger partial charge < -0.3 is 9.84 Å². The van der Waals surface area contributed by atoms with Crippen LogP contribution in [0.15, 0.2) is 27.0 Å². The fraction of sp³-hybridized carbons (Fsp3) is 0.556. The molecular formula is C9H10BrN5O4. The number of aliphatic hydroxyl groups excluding tert-OH is 1. The second-order valence-electron chi connectivity index (χ2n) is 3.95. The molecule has 1 fully saturated rings. The average Bonchev–Trinajstić information content (AvgIpc) is 2.73. The molecule has 2 heterocycles. The van der Waals surface area contributed by atoms with E-state index in [9.17, 15) is 14.7 Å². The minimum absolute atomic E-state index is 0.226. The molecule has 19 heavy (non-hydrogen) atoms. The summed E-state index contributed by atoms with van der Waals surface area (Å²) in [4.78, 5) is 27.4. The maximum Gasteiger partial charge on any atom is 0.330 e. The van der Waals surface area contributed by atoms with Gasteiger partial charge in [0.05, 0.1) is 6.04 Å². The molecule has 2 N–H and O–H groups in total. The quantitative estimate of drug-likeness (QED) is 0.354. The molecule has 1 aromatic rings. The summed E-state index contributed by atoms with van der Waals surface area (Å²) in [5, 5.41) is 12.0. The van der Waals surface area contributed by atoms with Gasteiger partial charge in [-0.2, -0.15) is 0 Å². The number of halogens is 1. The minimum Gasteiger partial charge on any atom is -0.379 e. The highest BCUT2D eigenvalue weighted by Gasteiger charge is 2.39. The number of alkyl halides is 1. The zero-order chi connectivity index (χ0) is 14.0. The van der Waals surface area contributed by atoms with Crippen molar-refractivity contribution in [2.45, 2.75) is 29.8 Å². The number of hydrogen-bond acceptors (Lipinski definition) is 5. The van der Waals surface area contributed by atoms with Crippen molar-refractivity contribution in [1.82, 2.24) is 9.55 Å². The molecular weight excluding hydrogens is 322 g/mol. The van der Waals surface area contributed by atoms with Crippen LogP contribution in [0.3, 0.4) is 0 Å².